The summed E-state index contributed by atoms with van der Waals surface area (Å²) in [5, 5.41) is 7.40. The molecule has 1 aromatic heterocycles. The van der Waals surface area contributed by atoms with E-state index in [4.69, 9.17) is 11.6 Å². The van der Waals surface area contributed by atoms with Gasteiger partial charge in [0.05, 0.1) is 6.20 Å². The molecule has 6 heteroatoms. The van der Waals surface area contributed by atoms with Crippen molar-refractivity contribution in [3.05, 3.63) is 35.5 Å². The number of rotatable bonds is 1. The van der Waals surface area contributed by atoms with Crippen LogP contribution in [0.1, 0.15) is 17.6 Å². The van der Waals surface area contributed by atoms with Gasteiger partial charge in [0.1, 0.15) is 5.82 Å². The Kier molecular flexibility index (Phi) is 2.83. The van der Waals surface area contributed by atoms with Crippen LogP contribution >= 0.6 is 11.6 Å². The third-order valence-electron chi connectivity index (χ3n) is 2.98. The van der Waals surface area contributed by atoms with E-state index < -0.39 is 0 Å². The maximum absolute atomic E-state index is 11.8. The highest BCUT2D eigenvalue weighted by atomic mass is 35.5. The number of hydrogen-bond donors (Lipinski definition) is 1. The SMILES string of the molecule is O=C1CCC(=O)n2ncc(-c3ccc(Cl)cc3)c2N1. The maximum Gasteiger partial charge on any atom is 0.249 e. The van der Waals surface area contributed by atoms with Crippen molar-refractivity contribution in [2.24, 2.45) is 0 Å². The van der Waals surface area contributed by atoms with E-state index >= 15 is 0 Å². The smallest absolute Gasteiger partial charge is 0.249 e. The Bertz CT molecular complexity index is 661. The lowest BCUT2D eigenvalue weighted by Crippen LogP contribution is -2.12. The van der Waals surface area contributed by atoms with Gasteiger partial charge in [0.15, 0.2) is 0 Å². The fourth-order valence-electron chi connectivity index (χ4n) is 2.02. The Morgan fingerprint density at radius 1 is 1.16 bits per heavy atom. The molecule has 0 aliphatic carbocycles. The van der Waals surface area contributed by atoms with E-state index in [1.807, 2.05) is 12.1 Å². The Balaban J connectivity index is 2.11. The van der Waals surface area contributed by atoms with Crippen LogP contribution in [0.25, 0.3) is 11.1 Å². The van der Waals surface area contributed by atoms with E-state index in [1.165, 1.54) is 4.68 Å². The van der Waals surface area contributed by atoms with Crippen LogP contribution in [0.3, 0.4) is 0 Å². The molecule has 0 saturated carbocycles. The van der Waals surface area contributed by atoms with Crippen LogP contribution in [0.4, 0.5) is 5.82 Å². The number of amides is 1. The average Bonchev–Trinajstić information content (AvgIpc) is 2.74. The molecule has 5 nitrogen and oxygen atoms in total. The maximum atomic E-state index is 11.8. The zero-order valence-corrected chi connectivity index (χ0v) is 10.6. The highest BCUT2D eigenvalue weighted by Gasteiger charge is 2.23. The number of benzene rings is 1. The summed E-state index contributed by atoms with van der Waals surface area (Å²) in [4.78, 5) is 23.4. The van der Waals surface area contributed by atoms with E-state index in [1.54, 1.807) is 18.3 Å². The quantitative estimate of drug-likeness (QED) is 0.870. The zero-order valence-electron chi connectivity index (χ0n) is 9.89. The zero-order chi connectivity index (χ0) is 13.4. The summed E-state index contributed by atoms with van der Waals surface area (Å²) < 4.78 is 1.24. The lowest BCUT2D eigenvalue weighted by atomic mass is 10.1. The van der Waals surface area contributed by atoms with Crippen LogP contribution in [0.5, 0.6) is 0 Å². The molecule has 1 amide bonds. The summed E-state index contributed by atoms with van der Waals surface area (Å²) in [6, 6.07) is 7.14. The molecule has 1 aromatic carbocycles. The normalized spacial score (nSPS) is 14.8. The largest absolute Gasteiger partial charge is 0.310 e. The number of fused-ring (bicyclic) bond motifs is 1. The van der Waals surface area contributed by atoms with Gasteiger partial charge in [-0.2, -0.15) is 9.78 Å². The first-order valence-electron chi connectivity index (χ1n) is 5.82. The third kappa shape index (κ3) is 2.13. The summed E-state index contributed by atoms with van der Waals surface area (Å²) in [6.07, 6.45) is 1.92. The monoisotopic (exact) mass is 275 g/mol. The summed E-state index contributed by atoms with van der Waals surface area (Å²) in [5.41, 5.74) is 1.56. The Hall–Kier alpha value is -2.14. The second-order valence-electron chi connectivity index (χ2n) is 4.27. The molecule has 19 heavy (non-hydrogen) atoms. The predicted octanol–water partition coefficient (Wildman–Crippen LogP) is 2.58. The number of hydrogen-bond acceptors (Lipinski definition) is 3. The first-order chi connectivity index (χ1) is 9.15. The second kappa shape index (κ2) is 4.51. The molecule has 0 saturated heterocycles. The molecule has 0 unspecified atom stereocenters. The van der Waals surface area contributed by atoms with Crippen LogP contribution in [0.15, 0.2) is 30.5 Å². The molecule has 2 aromatic rings. The van der Waals surface area contributed by atoms with E-state index in [2.05, 4.69) is 10.4 Å². The van der Waals surface area contributed by atoms with Gasteiger partial charge in [0.2, 0.25) is 11.8 Å². The van der Waals surface area contributed by atoms with Crippen LogP contribution in [0, 0.1) is 0 Å². The molecule has 0 spiro atoms. The van der Waals surface area contributed by atoms with Gasteiger partial charge in [-0.3, -0.25) is 9.59 Å². The van der Waals surface area contributed by atoms with Crippen LogP contribution in [0.2, 0.25) is 5.02 Å². The lowest BCUT2D eigenvalue weighted by Gasteiger charge is -2.05. The molecule has 1 aliphatic rings. The van der Waals surface area contributed by atoms with Crippen molar-refractivity contribution in [1.29, 1.82) is 0 Å². The Morgan fingerprint density at radius 3 is 2.63 bits per heavy atom. The van der Waals surface area contributed by atoms with Crippen LogP contribution in [-0.4, -0.2) is 21.6 Å². The Labute approximate surface area is 114 Å². The minimum absolute atomic E-state index is 0.167. The molecule has 1 aliphatic heterocycles. The minimum atomic E-state index is -0.187. The van der Waals surface area contributed by atoms with Crippen molar-refractivity contribution in [3.63, 3.8) is 0 Å². The van der Waals surface area contributed by atoms with Crippen molar-refractivity contribution in [2.75, 3.05) is 5.32 Å². The van der Waals surface area contributed by atoms with Crippen molar-refractivity contribution >= 4 is 29.2 Å². The first-order valence-corrected chi connectivity index (χ1v) is 6.20. The van der Waals surface area contributed by atoms with Crippen molar-refractivity contribution < 1.29 is 9.59 Å². The van der Waals surface area contributed by atoms with Crippen molar-refractivity contribution in [1.82, 2.24) is 9.78 Å². The molecule has 0 radical (unpaired) electrons. The summed E-state index contributed by atoms with van der Waals surface area (Å²) in [5.74, 6) is 0.0613. The first kappa shape index (κ1) is 11.9. The number of carbonyl (C=O) groups excluding carboxylic acids is 2. The highest BCUT2D eigenvalue weighted by Crippen LogP contribution is 2.30. The molecular formula is C13H10ClN3O2. The van der Waals surface area contributed by atoms with Gasteiger partial charge in [-0.05, 0) is 17.7 Å². The van der Waals surface area contributed by atoms with Crippen LogP contribution in [-0.2, 0) is 4.79 Å². The number of carbonyl (C=O) groups is 2. The second-order valence-corrected chi connectivity index (χ2v) is 4.70. The number of halogens is 1. The topological polar surface area (TPSA) is 64.0 Å². The summed E-state index contributed by atoms with van der Waals surface area (Å²) in [7, 11) is 0. The van der Waals surface area contributed by atoms with Gasteiger partial charge in [0.25, 0.3) is 0 Å². The summed E-state index contributed by atoms with van der Waals surface area (Å²) >= 11 is 5.84. The standard InChI is InChI=1S/C13H10ClN3O2/c14-9-3-1-8(2-4-9)10-7-15-17-12(19)6-5-11(18)16-13(10)17/h1-4,7H,5-6H2,(H,16,18). The molecule has 0 bridgehead atoms. The number of nitrogens with zero attached hydrogens (tertiary/aromatic N) is 2. The summed E-state index contributed by atoms with van der Waals surface area (Å²) in [6.45, 7) is 0. The van der Waals surface area contributed by atoms with Crippen molar-refractivity contribution in [2.45, 2.75) is 12.8 Å². The van der Waals surface area contributed by atoms with E-state index in [0.717, 1.165) is 5.56 Å². The number of anilines is 1. The van der Waals surface area contributed by atoms with Gasteiger partial charge < -0.3 is 5.32 Å². The molecule has 0 fully saturated rings. The fourth-order valence-corrected chi connectivity index (χ4v) is 2.15. The van der Waals surface area contributed by atoms with Gasteiger partial charge in [-0.25, -0.2) is 0 Å². The third-order valence-corrected chi connectivity index (χ3v) is 3.24. The molecular weight excluding hydrogens is 266 g/mol. The lowest BCUT2D eigenvalue weighted by molar-refractivity contribution is -0.116. The van der Waals surface area contributed by atoms with E-state index in [-0.39, 0.29) is 24.7 Å². The Morgan fingerprint density at radius 2 is 1.89 bits per heavy atom. The van der Waals surface area contributed by atoms with E-state index in [0.29, 0.717) is 16.4 Å². The number of aromatic nitrogens is 2. The minimum Gasteiger partial charge on any atom is -0.310 e. The van der Waals surface area contributed by atoms with Gasteiger partial charge >= 0.3 is 0 Å². The molecule has 96 valence electrons. The molecule has 1 N–H and O–H groups in total. The van der Waals surface area contributed by atoms with Gasteiger partial charge in [-0.1, -0.05) is 23.7 Å². The average molecular weight is 276 g/mol. The molecule has 2 heterocycles. The van der Waals surface area contributed by atoms with E-state index in [9.17, 15) is 9.59 Å². The van der Waals surface area contributed by atoms with Gasteiger partial charge in [-0.15, -0.1) is 0 Å². The van der Waals surface area contributed by atoms with Crippen LogP contribution < -0.4 is 5.32 Å². The van der Waals surface area contributed by atoms with Gasteiger partial charge in [0, 0.05) is 23.4 Å². The number of nitrogens with one attached hydrogen (secondary N) is 1. The molecule has 3 rings (SSSR count). The predicted molar refractivity (Wildman–Crippen MR) is 71.2 cm³/mol. The molecule has 0 atom stereocenters. The highest BCUT2D eigenvalue weighted by molar-refractivity contribution is 6.30. The van der Waals surface area contributed by atoms with Crippen molar-refractivity contribution in [3.8, 4) is 11.1 Å². The fraction of sp³-hybridized carbons (Fsp3) is 0.154.